The first kappa shape index (κ1) is 12.3. The summed E-state index contributed by atoms with van der Waals surface area (Å²) in [7, 11) is 0. The van der Waals surface area contributed by atoms with Gasteiger partial charge in [-0.05, 0) is 5.56 Å². The molecule has 0 amide bonds. The first-order chi connectivity index (χ1) is 7.47. The van der Waals surface area contributed by atoms with Crippen LogP contribution >= 0.6 is 0 Å². The molecule has 16 heavy (non-hydrogen) atoms. The van der Waals surface area contributed by atoms with E-state index in [2.05, 4.69) is 4.98 Å². The van der Waals surface area contributed by atoms with Crippen molar-refractivity contribution in [3.05, 3.63) is 23.0 Å². The minimum absolute atomic E-state index is 0.0694. The number of aromatic nitrogens is 1. The molecule has 0 saturated carbocycles. The lowest BCUT2D eigenvalue weighted by molar-refractivity contribution is -0.136. The Morgan fingerprint density at radius 2 is 2.19 bits per heavy atom. The highest BCUT2D eigenvalue weighted by Crippen LogP contribution is 2.30. The molecule has 7 heteroatoms. The minimum atomic E-state index is -2.80. The van der Waals surface area contributed by atoms with Crippen LogP contribution in [0.1, 0.15) is 23.2 Å². The zero-order chi connectivity index (χ0) is 12.3. The Hall–Kier alpha value is -1.76. The molecule has 0 aromatic carbocycles. The van der Waals surface area contributed by atoms with Crippen LogP contribution in [0.3, 0.4) is 0 Å². The fourth-order valence-corrected chi connectivity index (χ4v) is 1.33. The molecule has 0 aliphatic carbocycles. The predicted octanol–water partition coefficient (Wildman–Crippen LogP) is 0.687. The van der Waals surface area contributed by atoms with Crippen molar-refractivity contribution in [3.8, 4) is 0 Å². The number of carbonyl (C=O) groups is 1. The van der Waals surface area contributed by atoms with E-state index in [4.69, 9.17) is 16.6 Å². The maximum absolute atomic E-state index is 12.7. The number of nitrogens with two attached hydrogens (primary N) is 2. The predicted molar refractivity (Wildman–Crippen MR) is 52.8 cm³/mol. The Morgan fingerprint density at radius 3 is 2.62 bits per heavy atom. The topological polar surface area (TPSA) is 102 Å². The van der Waals surface area contributed by atoms with E-state index in [0.29, 0.717) is 0 Å². The van der Waals surface area contributed by atoms with E-state index < -0.39 is 24.4 Å². The van der Waals surface area contributed by atoms with Gasteiger partial charge in [0.05, 0.1) is 17.8 Å². The van der Waals surface area contributed by atoms with E-state index >= 15 is 0 Å². The van der Waals surface area contributed by atoms with Gasteiger partial charge in [-0.3, -0.25) is 9.78 Å². The molecule has 0 bridgehead atoms. The number of halogens is 2. The Kier molecular flexibility index (Phi) is 3.73. The molecule has 0 radical (unpaired) electrons. The molecule has 88 valence electrons. The molecule has 0 spiro atoms. The second kappa shape index (κ2) is 4.84. The molecule has 0 unspecified atom stereocenters. The molecule has 0 aliphatic rings. The summed E-state index contributed by atoms with van der Waals surface area (Å²) in [5.74, 6) is -1.18. The molecule has 0 fully saturated rings. The number of nitrogen functional groups attached to an aromatic ring is 1. The van der Waals surface area contributed by atoms with Crippen molar-refractivity contribution in [2.24, 2.45) is 5.73 Å². The third-order valence-corrected chi connectivity index (χ3v) is 2.08. The van der Waals surface area contributed by atoms with Gasteiger partial charge in [0, 0.05) is 18.3 Å². The molecule has 5 N–H and O–H groups in total. The summed E-state index contributed by atoms with van der Waals surface area (Å²) >= 11 is 0. The van der Waals surface area contributed by atoms with Crippen LogP contribution in [0.5, 0.6) is 0 Å². The number of carboxylic acids is 1. The van der Waals surface area contributed by atoms with Gasteiger partial charge in [-0.25, -0.2) is 8.78 Å². The maximum Gasteiger partial charge on any atom is 0.309 e. The smallest absolute Gasteiger partial charge is 0.309 e. The molecule has 0 atom stereocenters. The average molecular weight is 231 g/mol. The zero-order valence-corrected chi connectivity index (χ0v) is 8.28. The largest absolute Gasteiger partial charge is 0.481 e. The molecule has 1 rings (SSSR count). The van der Waals surface area contributed by atoms with Crippen LogP contribution < -0.4 is 11.5 Å². The molecule has 0 saturated heterocycles. The first-order valence-electron chi connectivity index (χ1n) is 4.43. The van der Waals surface area contributed by atoms with E-state index in [0.717, 1.165) is 6.20 Å². The van der Waals surface area contributed by atoms with Crippen LogP contribution in [-0.2, 0) is 17.8 Å². The Bertz CT molecular complexity index is 410. The first-order valence-corrected chi connectivity index (χ1v) is 4.43. The number of carboxylic acid groups (broad SMARTS) is 1. The van der Waals surface area contributed by atoms with E-state index in [1.54, 1.807) is 0 Å². The number of aliphatic carboxylic acids is 1. The van der Waals surface area contributed by atoms with Crippen molar-refractivity contribution < 1.29 is 18.7 Å². The summed E-state index contributed by atoms with van der Waals surface area (Å²) < 4.78 is 25.4. The highest BCUT2D eigenvalue weighted by atomic mass is 19.3. The minimum Gasteiger partial charge on any atom is -0.481 e. The number of hydrogen-bond acceptors (Lipinski definition) is 4. The van der Waals surface area contributed by atoms with Crippen LogP contribution in [0.2, 0.25) is 0 Å². The van der Waals surface area contributed by atoms with Crippen molar-refractivity contribution in [3.63, 3.8) is 0 Å². The van der Waals surface area contributed by atoms with E-state index in [1.807, 2.05) is 0 Å². The van der Waals surface area contributed by atoms with Crippen molar-refractivity contribution >= 4 is 11.7 Å². The quantitative estimate of drug-likeness (QED) is 0.707. The third kappa shape index (κ3) is 2.43. The molecular weight excluding hydrogens is 220 g/mol. The fourth-order valence-electron chi connectivity index (χ4n) is 1.33. The summed E-state index contributed by atoms with van der Waals surface area (Å²) in [6, 6.07) is 0. The lowest BCUT2D eigenvalue weighted by Crippen LogP contribution is -2.12. The fraction of sp³-hybridized carbons (Fsp3) is 0.333. The number of anilines is 1. The van der Waals surface area contributed by atoms with Gasteiger partial charge >= 0.3 is 5.97 Å². The van der Waals surface area contributed by atoms with Crippen LogP contribution in [-0.4, -0.2) is 16.1 Å². The van der Waals surface area contributed by atoms with Gasteiger partial charge in [0.15, 0.2) is 0 Å². The van der Waals surface area contributed by atoms with Crippen LogP contribution in [0, 0.1) is 0 Å². The van der Waals surface area contributed by atoms with Crippen LogP contribution in [0.4, 0.5) is 14.5 Å². The SMILES string of the molecule is NCc1cnc(CC(=O)O)c(N)c1C(F)F. The van der Waals surface area contributed by atoms with Crippen molar-refractivity contribution in [1.29, 1.82) is 0 Å². The molecule has 0 aliphatic heterocycles. The summed E-state index contributed by atoms with van der Waals surface area (Å²) in [5.41, 5.74) is 10.1. The monoisotopic (exact) mass is 231 g/mol. The van der Waals surface area contributed by atoms with Gasteiger partial charge in [-0.15, -0.1) is 0 Å². The van der Waals surface area contributed by atoms with E-state index in [-0.39, 0.29) is 23.5 Å². The van der Waals surface area contributed by atoms with Gasteiger partial charge in [0.1, 0.15) is 0 Å². The van der Waals surface area contributed by atoms with Crippen molar-refractivity contribution in [1.82, 2.24) is 4.98 Å². The maximum atomic E-state index is 12.7. The summed E-state index contributed by atoms with van der Waals surface area (Å²) in [4.78, 5) is 14.2. The van der Waals surface area contributed by atoms with E-state index in [1.165, 1.54) is 0 Å². The van der Waals surface area contributed by atoms with Crippen LogP contribution in [0.15, 0.2) is 6.20 Å². The summed E-state index contributed by atoms with van der Waals surface area (Å²) in [6.07, 6.45) is -2.15. The Labute approximate surface area is 90.1 Å². The van der Waals surface area contributed by atoms with E-state index in [9.17, 15) is 13.6 Å². The summed E-state index contributed by atoms with van der Waals surface area (Å²) in [6.45, 7) is -0.121. The van der Waals surface area contributed by atoms with Gasteiger partial charge in [-0.2, -0.15) is 0 Å². The van der Waals surface area contributed by atoms with Crippen LogP contribution in [0.25, 0.3) is 0 Å². The van der Waals surface area contributed by atoms with Gasteiger partial charge in [-0.1, -0.05) is 0 Å². The Morgan fingerprint density at radius 1 is 1.56 bits per heavy atom. The average Bonchev–Trinajstić information content (AvgIpc) is 2.19. The molecule has 5 nitrogen and oxygen atoms in total. The van der Waals surface area contributed by atoms with Gasteiger partial charge < -0.3 is 16.6 Å². The third-order valence-electron chi connectivity index (χ3n) is 2.08. The highest BCUT2D eigenvalue weighted by molar-refractivity contribution is 5.72. The lowest BCUT2D eigenvalue weighted by Gasteiger charge is -2.12. The molecular formula is C9H11F2N3O2. The lowest BCUT2D eigenvalue weighted by atomic mass is 10.1. The number of alkyl halides is 2. The molecule has 1 aromatic heterocycles. The van der Waals surface area contributed by atoms with Crippen molar-refractivity contribution in [2.75, 3.05) is 5.73 Å². The number of hydrogen-bond donors (Lipinski definition) is 3. The van der Waals surface area contributed by atoms with Crippen molar-refractivity contribution in [2.45, 2.75) is 19.4 Å². The number of rotatable bonds is 4. The standard InChI is InChI=1S/C9H11F2N3O2/c10-9(11)7-4(2-12)3-14-5(8(7)13)1-6(15)16/h3,9H,1-2,12-13H2,(H,15,16). The number of pyridine rings is 1. The second-order valence-electron chi connectivity index (χ2n) is 3.13. The Balaban J connectivity index is 3.26. The van der Waals surface area contributed by atoms with Gasteiger partial charge in [0.2, 0.25) is 0 Å². The molecule has 1 aromatic rings. The summed E-state index contributed by atoms with van der Waals surface area (Å²) in [5, 5.41) is 8.54. The zero-order valence-electron chi connectivity index (χ0n) is 8.28. The second-order valence-corrected chi connectivity index (χ2v) is 3.13. The van der Waals surface area contributed by atoms with Gasteiger partial charge in [0.25, 0.3) is 6.43 Å². The number of nitrogens with zero attached hydrogens (tertiary/aromatic N) is 1. The normalized spacial score (nSPS) is 10.8. The molecule has 1 heterocycles. The highest BCUT2D eigenvalue weighted by Gasteiger charge is 2.20.